The van der Waals surface area contributed by atoms with Gasteiger partial charge in [0.25, 0.3) is 5.91 Å². The van der Waals surface area contributed by atoms with E-state index in [0.29, 0.717) is 16.0 Å². The van der Waals surface area contributed by atoms with E-state index in [4.69, 9.17) is 0 Å². The van der Waals surface area contributed by atoms with E-state index in [-0.39, 0.29) is 16.7 Å². The molecule has 2 bridgehead atoms. The third kappa shape index (κ3) is 2.83. The van der Waals surface area contributed by atoms with Crippen LogP contribution in [-0.2, 0) is 4.79 Å². The van der Waals surface area contributed by atoms with Gasteiger partial charge in [-0.2, -0.15) is 0 Å². The molecule has 0 unspecified atom stereocenters. The van der Waals surface area contributed by atoms with E-state index in [9.17, 15) is 4.79 Å². The first-order valence-corrected chi connectivity index (χ1v) is 10.4. The van der Waals surface area contributed by atoms with E-state index < -0.39 is 0 Å². The van der Waals surface area contributed by atoms with Gasteiger partial charge in [-0.25, -0.2) is 0 Å². The minimum absolute atomic E-state index is 0.107. The zero-order chi connectivity index (χ0) is 18.5. The first-order valence-electron chi connectivity index (χ1n) is 8.82. The van der Waals surface area contributed by atoms with Crippen LogP contribution in [0.1, 0.15) is 39.2 Å². The second kappa shape index (κ2) is 6.27. The van der Waals surface area contributed by atoms with Gasteiger partial charge in [-0.15, -0.1) is 5.10 Å². The highest BCUT2D eigenvalue weighted by Gasteiger charge is 2.57. The van der Waals surface area contributed by atoms with Crippen molar-refractivity contribution >= 4 is 44.8 Å². The third-order valence-corrected chi connectivity index (χ3v) is 7.75. The lowest BCUT2D eigenvalue weighted by molar-refractivity contribution is -0.115. The van der Waals surface area contributed by atoms with Crippen molar-refractivity contribution in [3.8, 4) is 0 Å². The molecule has 0 spiro atoms. The Labute approximate surface area is 166 Å². The second-order valence-corrected chi connectivity index (χ2v) is 9.87. The van der Waals surface area contributed by atoms with E-state index >= 15 is 0 Å². The van der Waals surface area contributed by atoms with Crippen molar-refractivity contribution in [1.29, 1.82) is 0 Å². The van der Waals surface area contributed by atoms with Gasteiger partial charge >= 0.3 is 0 Å². The molecule has 0 radical (unpaired) electrons. The minimum atomic E-state index is -0.107. The Bertz CT molecular complexity index is 874. The summed E-state index contributed by atoms with van der Waals surface area (Å²) < 4.78 is 0.991. The van der Waals surface area contributed by atoms with E-state index in [0.717, 1.165) is 10.0 Å². The summed E-state index contributed by atoms with van der Waals surface area (Å²) >= 11 is 4.82. The number of hydrogen-bond donors (Lipinski definition) is 2. The normalized spacial score (nSPS) is 32.2. The highest BCUT2D eigenvalue weighted by atomic mass is 79.9. The highest BCUT2D eigenvalue weighted by Crippen LogP contribution is 2.64. The molecule has 2 aliphatic carbocycles. The standard InChI is InChI=1S/C20H22BrN3OS/c1-19(2)13-7-8-20(19,3)16(11-13)23-24-18-22-17(25)15(26-18)10-12-5-4-6-14(21)9-12/h4-6,9-11,13,23H,7-8H2,1-3H3,(H,22,24,25)/b15-10-/t13-,20+/m1/s1. The molecule has 1 aromatic carbocycles. The molecule has 1 saturated heterocycles. The number of nitrogens with one attached hydrogen (secondary N) is 2. The van der Waals surface area contributed by atoms with Crippen LogP contribution in [-0.4, -0.2) is 11.1 Å². The molecule has 6 heteroatoms. The molecule has 4 nitrogen and oxygen atoms in total. The highest BCUT2D eigenvalue weighted by molar-refractivity contribution is 9.10. The van der Waals surface area contributed by atoms with E-state index in [1.807, 2.05) is 30.3 Å². The lowest BCUT2D eigenvalue weighted by atomic mass is 9.69. The van der Waals surface area contributed by atoms with Crippen molar-refractivity contribution in [3.05, 3.63) is 51.0 Å². The van der Waals surface area contributed by atoms with Gasteiger partial charge in [0.2, 0.25) is 0 Å². The van der Waals surface area contributed by atoms with Crippen LogP contribution < -0.4 is 10.7 Å². The van der Waals surface area contributed by atoms with Crippen LogP contribution in [0, 0.1) is 16.7 Å². The summed E-state index contributed by atoms with van der Waals surface area (Å²) in [6.45, 7) is 7.00. The largest absolute Gasteiger partial charge is 0.299 e. The van der Waals surface area contributed by atoms with Crippen LogP contribution in [0.5, 0.6) is 0 Å². The van der Waals surface area contributed by atoms with Crippen molar-refractivity contribution < 1.29 is 4.79 Å². The van der Waals surface area contributed by atoms with E-state index in [2.05, 4.69) is 58.6 Å². The van der Waals surface area contributed by atoms with Gasteiger partial charge in [0.1, 0.15) is 0 Å². The third-order valence-electron chi connectivity index (χ3n) is 6.34. The molecule has 1 amide bonds. The smallest absolute Gasteiger partial charge is 0.264 e. The second-order valence-electron chi connectivity index (χ2n) is 7.93. The lowest BCUT2D eigenvalue weighted by Crippen LogP contribution is -2.34. The van der Waals surface area contributed by atoms with Crippen molar-refractivity contribution in [2.45, 2.75) is 33.6 Å². The molecule has 0 aromatic heterocycles. The van der Waals surface area contributed by atoms with Gasteiger partial charge in [-0.3, -0.25) is 15.5 Å². The molecule has 1 aromatic rings. The molecule has 4 rings (SSSR count). The summed E-state index contributed by atoms with van der Waals surface area (Å²) in [5.41, 5.74) is 5.80. The van der Waals surface area contributed by atoms with Crippen molar-refractivity contribution in [2.24, 2.45) is 21.8 Å². The molecule has 26 heavy (non-hydrogen) atoms. The Kier molecular flexibility index (Phi) is 4.31. The van der Waals surface area contributed by atoms with Gasteiger partial charge in [-0.1, -0.05) is 54.9 Å². The molecule has 1 aliphatic heterocycles. The van der Waals surface area contributed by atoms with Crippen molar-refractivity contribution in [3.63, 3.8) is 0 Å². The molecule has 2 atom stereocenters. The topological polar surface area (TPSA) is 53.5 Å². The van der Waals surface area contributed by atoms with Gasteiger partial charge in [0, 0.05) is 15.6 Å². The summed E-state index contributed by atoms with van der Waals surface area (Å²) in [7, 11) is 0. The van der Waals surface area contributed by atoms with Crippen LogP contribution in [0.2, 0.25) is 0 Å². The number of allylic oxidation sites excluding steroid dienone is 2. The van der Waals surface area contributed by atoms with Crippen LogP contribution in [0.15, 0.2) is 50.5 Å². The van der Waals surface area contributed by atoms with Crippen LogP contribution in [0.25, 0.3) is 6.08 Å². The van der Waals surface area contributed by atoms with Crippen molar-refractivity contribution in [1.82, 2.24) is 10.7 Å². The first-order chi connectivity index (χ1) is 12.3. The molecular weight excluding hydrogens is 410 g/mol. The summed E-state index contributed by atoms with van der Waals surface area (Å²) in [5.74, 6) is 0.497. The number of hydrogen-bond acceptors (Lipinski definition) is 4. The number of hydrazone groups is 1. The summed E-state index contributed by atoms with van der Waals surface area (Å²) in [6, 6.07) is 7.87. The number of thioether (sulfide) groups is 1. The number of amides is 1. The Balaban J connectivity index is 1.49. The van der Waals surface area contributed by atoms with Crippen LogP contribution in [0.4, 0.5) is 0 Å². The van der Waals surface area contributed by atoms with E-state index in [1.165, 1.54) is 30.3 Å². The van der Waals surface area contributed by atoms with Crippen LogP contribution in [0.3, 0.4) is 0 Å². The summed E-state index contributed by atoms with van der Waals surface area (Å²) in [5, 5.41) is 7.92. The maximum Gasteiger partial charge on any atom is 0.264 e. The number of halogens is 1. The molecule has 2 fully saturated rings. The first kappa shape index (κ1) is 17.9. The number of carbonyl (C=O) groups excluding carboxylic acids is 1. The SMILES string of the molecule is CC1(C)[C@H]2C=C(N/N=C3/NC(=O)/C(=C/c4cccc(Br)c4)S3)[C@]1(C)CC2. The van der Waals surface area contributed by atoms with Gasteiger partial charge < -0.3 is 0 Å². The molecular formula is C20H22BrN3OS. The number of rotatable bonds is 3. The van der Waals surface area contributed by atoms with E-state index in [1.54, 1.807) is 0 Å². The Hall–Kier alpha value is -1.53. The number of nitrogens with zero attached hydrogens (tertiary/aromatic N) is 1. The quantitative estimate of drug-likeness (QED) is 0.530. The minimum Gasteiger partial charge on any atom is -0.299 e. The monoisotopic (exact) mass is 431 g/mol. The van der Waals surface area contributed by atoms with Gasteiger partial charge in [-0.05, 0) is 59.7 Å². The Morgan fingerprint density at radius 2 is 2.19 bits per heavy atom. The molecule has 136 valence electrons. The van der Waals surface area contributed by atoms with Gasteiger partial charge in [0.15, 0.2) is 5.17 Å². The fourth-order valence-electron chi connectivity index (χ4n) is 4.19. The summed E-state index contributed by atoms with van der Waals surface area (Å²) in [4.78, 5) is 12.9. The number of carbonyl (C=O) groups is 1. The molecule has 1 heterocycles. The maximum atomic E-state index is 12.2. The Morgan fingerprint density at radius 1 is 1.38 bits per heavy atom. The number of fused-ring (bicyclic) bond motifs is 2. The van der Waals surface area contributed by atoms with Crippen molar-refractivity contribution in [2.75, 3.05) is 0 Å². The zero-order valence-corrected chi connectivity index (χ0v) is 17.5. The van der Waals surface area contributed by atoms with Crippen LogP contribution >= 0.6 is 27.7 Å². The van der Waals surface area contributed by atoms with Gasteiger partial charge in [0.05, 0.1) is 4.91 Å². The lowest BCUT2D eigenvalue weighted by Gasteiger charge is -2.36. The fraction of sp³-hybridized carbons (Fsp3) is 0.400. The molecule has 1 saturated carbocycles. The Morgan fingerprint density at radius 3 is 2.85 bits per heavy atom. The predicted molar refractivity (Wildman–Crippen MR) is 111 cm³/mol. The fourth-order valence-corrected chi connectivity index (χ4v) is 5.39. The number of benzene rings is 1. The molecule has 2 N–H and O–H groups in total. The zero-order valence-electron chi connectivity index (χ0n) is 15.1. The summed E-state index contributed by atoms with van der Waals surface area (Å²) in [6.07, 6.45) is 6.64. The maximum absolute atomic E-state index is 12.2. The average Bonchev–Trinajstić information content (AvgIpc) is 3.10. The average molecular weight is 432 g/mol. The number of amidine groups is 1. The molecule has 3 aliphatic rings. The predicted octanol–water partition coefficient (Wildman–Crippen LogP) is 4.85.